The summed E-state index contributed by atoms with van der Waals surface area (Å²) in [6.07, 6.45) is 2.35. The summed E-state index contributed by atoms with van der Waals surface area (Å²) in [5.74, 6) is 1.68. The van der Waals surface area contributed by atoms with Crippen LogP contribution in [0.5, 0.6) is 11.5 Å². The lowest BCUT2D eigenvalue weighted by Crippen LogP contribution is -2.44. The first-order chi connectivity index (χ1) is 21.6. The molecule has 1 aromatic heterocycles. The predicted octanol–water partition coefficient (Wildman–Crippen LogP) is 5.07. The molecule has 3 heterocycles. The van der Waals surface area contributed by atoms with Gasteiger partial charge >= 0.3 is 0 Å². The van der Waals surface area contributed by atoms with E-state index >= 15 is 0 Å². The van der Waals surface area contributed by atoms with Crippen molar-refractivity contribution in [3.05, 3.63) is 108 Å². The Morgan fingerprint density at radius 1 is 0.773 bits per heavy atom. The molecule has 0 atom stereocenters. The summed E-state index contributed by atoms with van der Waals surface area (Å²) < 4.78 is 22.1. The van der Waals surface area contributed by atoms with E-state index in [1.807, 2.05) is 78.9 Å². The average Bonchev–Trinajstić information content (AvgIpc) is 3.77. The van der Waals surface area contributed by atoms with Crippen LogP contribution in [-0.2, 0) is 22.6 Å². The Bertz CT molecular complexity index is 1520. The van der Waals surface area contributed by atoms with Gasteiger partial charge < -0.3 is 28.4 Å². The smallest absolute Gasteiger partial charge is 0.254 e. The van der Waals surface area contributed by atoms with E-state index < -0.39 is 0 Å². The fraction of sp³-hybridized carbons (Fsp3) is 0.314. The van der Waals surface area contributed by atoms with Crippen molar-refractivity contribution < 1.29 is 28.2 Å². The summed E-state index contributed by atoms with van der Waals surface area (Å²) in [5.41, 5.74) is 3.57. The number of hydrogen-bond acceptors (Lipinski definition) is 7. The third kappa shape index (κ3) is 7.48. The highest BCUT2D eigenvalue weighted by atomic mass is 16.7. The molecule has 44 heavy (non-hydrogen) atoms. The van der Waals surface area contributed by atoms with Gasteiger partial charge in [-0.1, -0.05) is 48.5 Å². The lowest BCUT2D eigenvalue weighted by molar-refractivity contribution is -0.133. The molecule has 0 aliphatic carbocycles. The molecule has 9 heteroatoms. The quantitative estimate of drug-likeness (QED) is 0.226. The van der Waals surface area contributed by atoms with Crippen molar-refractivity contribution in [3.8, 4) is 22.6 Å². The number of nitrogens with zero attached hydrogens (tertiary/aromatic N) is 3. The van der Waals surface area contributed by atoms with E-state index in [0.717, 1.165) is 56.0 Å². The van der Waals surface area contributed by atoms with Crippen molar-refractivity contribution in [1.82, 2.24) is 14.7 Å². The van der Waals surface area contributed by atoms with Gasteiger partial charge in [-0.3, -0.25) is 14.5 Å². The van der Waals surface area contributed by atoms with Crippen LogP contribution < -0.4 is 9.47 Å². The van der Waals surface area contributed by atoms with E-state index in [-0.39, 0.29) is 31.7 Å². The van der Waals surface area contributed by atoms with Gasteiger partial charge in [-0.05, 0) is 59.5 Å². The molecule has 0 unspecified atom stereocenters. The van der Waals surface area contributed by atoms with Crippen LogP contribution in [0.2, 0.25) is 0 Å². The predicted molar refractivity (Wildman–Crippen MR) is 165 cm³/mol. The lowest BCUT2D eigenvalue weighted by atomic mass is 10.0. The van der Waals surface area contributed by atoms with E-state index in [2.05, 4.69) is 4.90 Å². The summed E-state index contributed by atoms with van der Waals surface area (Å²) >= 11 is 0. The maximum Gasteiger partial charge on any atom is 0.254 e. The van der Waals surface area contributed by atoms with Gasteiger partial charge in [0.2, 0.25) is 12.7 Å². The third-order valence-electron chi connectivity index (χ3n) is 7.95. The van der Waals surface area contributed by atoms with Crippen LogP contribution in [0.4, 0.5) is 0 Å². The molecule has 0 bridgehead atoms. The zero-order valence-corrected chi connectivity index (χ0v) is 24.7. The van der Waals surface area contributed by atoms with Gasteiger partial charge in [0.25, 0.3) is 5.91 Å². The van der Waals surface area contributed by atoms with Crippen LogP contribution >= 0.6 is 0 Å². The Balaban J connectivity index is 1.19. The van der Waals surface area contributed by atoms with Gasteiger partial charge in [-0.25, -0.2) is 0 Å². The highest BCUT2D eigenvalue weighted by Crippen LogP contribution is 2.33. The Morgan fingerprint density at radius 3 is 2.32 bits per heavy atom. The maximum atomic E-state index is 14.0. The molecule has 1 fully saturated rings. The van der Waals surface area contributed by atoms with E-state index in [1.54, 1.807) is 22.1 Å². The number of ether oxygens (including phenoxy) is 3. The van der Waals surface area contributed by atoms with Crippen LogP contribution in [0.1, 0.15) is 28.1 Å². The Morgan fingerprint density at radius 2 is 1.55 bits per heavy atom. The van der Waals surface area contributed by atoms with E-state index in [0.29, 0.717) is 35.9 Å². The third-order valence-corrected chi connectivity index (χ3v) is 7.95. The van der Waals surface area contributed by atoms with Gasteiger partial charge in [0.15, 0.2) is 11.5 Å². The maximum absolute atomic E-state index is 14.0. The van der Waals surface area contributed by atoms with Crippen molar-refractivity contribution in [2.45, 2.75) is 19.5 Å². The average molecular weight is 596 g/mol. The number of fused-ring (bicyclic) bond motifs is 1. The first-order valence-corrected chi connectivity index (χ1v) is 15.1. The molecule has 0 radical (unpaired) electrons. The van der Waals surface area contributed by atoms with Gasteiger partial charge in [-0.2, -0.15) is 0 Å². The molecule has 1 saturated heterocycles. The molecule has 0 spiro atoms. The van der Waals surface area contributed by atoms with Crippen LogP contribution in [0.25, 0.3) is 11.1 Å². The van der Waals surface area contributed by atoms with E-state index in [1.165, 1.54) is 0 Å². The van der Waals surface area contributed by atoms with Crippen LogP contribution in [0.15, 0.2) is 95.6 Å². The second-order valence-electron chi connectivity index (χ2n) is 11.0. The molecule has 2 aliphatic rings. The largest absolute Gasteiger partial charge is 0.467 e. The molecule has 0 N–H and O–H groups in total. The molecule has 0 saturated carbocycles. The standard InChI is InChI=1S/C35H37N3O6/c39-34(38(24-31-8-4-19-42-31)23-27-9-14-32-33(22-27)44-26-43-32)25-37(16-5-15-36-17-20-41-21-18-36)35(40)30-12-10-29(11-13-30)28-6-2-1-3-7-28/h1-4,6-14,19,22H,5,15-18,20-21,23-26H2. The van der Waals surface area contributed by atoms with Crippen molar-refractivity contribution in [3.63, 3.8) is 0 Å². The second kappa shape index (κ2) is 14.2. The first kappa shape index (κ1) is 29.5. The summed E-state index contributed by atoms with van der Waals surface area (Å²) in [6.45, 7) is 5.23. The normalized spacial score (nSPS) is 14.4. The number of carbonyl (C=O) groups is 2. The number of morpholine rings is 1. The molecule has 2 amide bonds. The van der Waals surface area contributed by atoms with Crippen molar-refractivity contribution in [2.24, 2.45) is 0 Å². The van der Waals surface area contributed by atoms with Gasteiger partial charge in [0.05, 0.1) is 26.0 Å². The fourth-order valence-corrected chi connectivity index (χ4v) is 5.53. The molecule has 6 rings (SSSR count). The minimum Gasteiger partial charge on any atom is -0.467 e. The number of benzene rings is 3. The zero-order chi connectivity index (χ0) is 30.1. The summed E-state index contributed by atoms with van der Waals surface area (Å²) in [5, 5.41) is 0. The Hall–Kier alpha value is -4.60. The van der Waals surface area contributed by atoms with Gasteiger partial charge in [0.1, 0.15) is 12.3 Å². The fourth-order valence-electron chi connectivity index (χ4n) is 5.53. The SMILES string of the molecule is O=C(CN(CCCN1CCOCC1)C(=O)c1ccc(-c2ccccc2)cc1)N(Cc1ccc2c(c1)OCO2)Cc1ccco1. The highest BCUT2D eigenvalue weighted by molar-refractivity contribution is 5.97. The molecule has 2 aliphatic heterocycles. The van der Waals surface area contributed by atoms with Gasteiger partial charge in [-0.15, -0.1) is 0 Å². The number of furan rings is 1. The lowest BCUT2D eigenvalue weighted by Gasteiger charge is -2.30. The molecule has 9 nitrogen and oxygen atoms in total. The number of rotatable bonds is 12. The highest BCUT2D eigenvalue weighted by Gasteiger charge is 2.25. The molecular weight excluding hydrogens is 558 g/mol. The van der Waals surface area contributed by atoms with Gasteiger partial charge in [0, 0.05) is 38.3 Å². The monoisotopic (exact) mass is 595 g/mol. The molecule has 228 valence electrons. The number of hydrogen-bond donors (Lipinski definition) is 0. The topological polar surface area (TPSA) is 84.7 Å². The molecule has 3 aromatic carbocycles. The van der Waals surface area contributed by atoms with E-state index in [4.69, 9.17) is 18.6 Å². The second-order valence-corrected chi connectivity index (χ2v) is 11.0. The van der Waals surface area contributed by atoms with Crippen molar-refractivity contribution >= 4 is 11.8 Å². The Kier molecular flexibility index (Phi) is 9.54. The van der Waals surface area contributed by atoms with Crippen LogP contribution in [0.3, 0.4) is 0 Å². The molecular formula is C35H37N3O6. The first-order valence-electron chi connectivity index (χ1n) is 15.1. The zero-order valence-electron chi connectivity index (χ0n) is 24.7. The summed E-state index contributed by atoms with van der Waals surface area (Å²) in [6, 6.07) is 27.0. The van der Waals surface area contributed by atoms with Crippen LogP contribution in [-0.4, -0.2) is 79.2 Å². The summed E-state index contributed by atoms with van der Waals surface area (Å²) in [7, 11) is 0. The summed E-state index contributed by atoms with van der Waals surface area (Å²) in [4.78, 5) is 33.6. The van der Waals surface area contributed by atoms with Crippen molar-refractivity contribution in [2.75, 3.05) is 52.7 Å². The molecule has 4 aromatic rings. The minimum absolute atomic E-state index is 0.0480. The Labute approximate surface area is 257 Å². The number of carbonyl (C=O) groups excluding carboxylic acids is 2. The number of amides is 2. The minimum atomic E-state index is -0.167. The van der Waals surface area contributed by atoms with Crippen LogP contribution in [0, 0.1) is 0 Å². The van der Waals surface area contributed by atoms with E-state index in [9.17, 15) is 9.59 Å². The van der Waals surface area contributed by atoms with Crippen molar-refractivity contribution in [1.29, 1.82) is 0 Å².